The van der Waals surface area contributed by atoms with Crippen LogP contribution in [0.4, 0.5) is 0 Å². The van der Waals surface area contributed by atoms with E-state index in [0.717, 1.165) is 29.6 Å². The Balaban J connectivity index is 1.58. The molecule has 4 fully saturated rings. The van der Waals surface area contributed by atoms with E-state index in [-0.39, 0.29) is 0 Å². The normalized spacial score (nSPS) is 43.7. The minimum absolute atomic E-state index is 0.560. The lowest BCUT2D eigenvalue weighted by Crippen LogP contribution is -2.47. The second-order valence-electron chi connectivity index (χ2n) is 10.7. The van der Waals surface area contributed by atoms with Gasteiger partial charge in [-0.1, -0.05) is 65.7 Å². The summed E-state index contributed by atoms with van der Waals surface area (Å²) in [6.07, 6.45) is 20.0. The highest BCUT2D eigenvalue weighted by atomic mass is 14.6. The Morgan fingerprint density at radius 1 is 0.696 bits per heavy atom. The molecule has 0 saturated heterocycles. The van der Waals surface area contributed by atoms with Crippen LogP contribution < -0.4 is 0 Å². The molecule has 4 aliphatic carbocycles. The van der Waals surface area contributed by atoms with E-state index in [1.807, 2.05) is 0 Å². The maximum Gasteiger partial charge on any atom is -0.0269 e. The van der Waals surface area contributed by atoms with Crippen molar-refractivity contribution in [3.8, 4) is 0 Å². The summed E-state index contributed by atoms with van der Waals surface area (Å²) in [5, 5.41) is 0. The van der Waals surface area contributed by atoms with Gasteiger partial charge in [-0.3, -0.25) is 0 Å². The van der Waals surface area contributed by atoms with Gasteiger partial charge < -0.3 is 0 Å². The van der Waals surface area contributed by atoms with Gasteiger partial charge in [0.05, 0.1) is 0 Å². The molecule has 0 aromatic carbocycles. The molecule has 5 atom stereocenters. The van der Waals surface area contributed by atoms with Crippen LogP contribution in [0, 0.1) is 40.4 Å². The predicted molar refractivity (Wildman–Crippen MR) is 99.4 cm³/mol. The quantitative estimate of drug-likeness (QED) is 0.504. The van der Waals surface area contributed by atoms with Crippen molar-refractivity contribution in [1.29, 1.82) is 0 Å². The zero-order chi connectivity index (χ0) is 16.1. The first kappa shape index (κ1) is 16.5. The molecule has 0 aromatic heterocycles. The van der Waals surface area contributed by atoms with Crippen LogP contribution in [0.25, 0.3) is 0 Å². The van der Waals surface area contributed by atoms with Crippen molar-refractivity contribution < 1.29 is 0 Å². The van der Waals surface area contributed by atoms with Gasteiger partial charge in [0.2, 0.25) is 0 Å². The van der Waals surface area contributed by atoms with Crippen molar-refractivity contribution in [3.63, 3.8) is 0 Å². The van der Waals surface area contributed by atoms with Gasteiger partial charge in [-0.05, 0) is 78.9 Å². The SMILES string of the molecule is CC1(C(C)(C)C2CCCC3C4CCCCC4CC32)CCCCC1. The molecule has 23 heavy (non-hydrogen) atoms. The molecule has 0 heterocycles. The second-order valence-corrected chi connectivity index (χ2v) is 10.7. The largest absolute Gasteiger partial charge is 0.0591 e. The van der Waals surface area contributed by atoms with Crippen molar-refractivity contribution >= 4 is 0 Å². The summed E-state index contributed by atoms with van der Waals surface area (Å²) in [5.41, 5.74) is 1.18. The zero-order valence-corrected chi connectivity index (χ0v) is 16.1. The molecule has 0 N–H and O–H groups in total. The van der Waals surface area contributed by atoms with E-state index in [4.69, 9.17) is 0 Å². The Morgan fingerprint density at radius 2 is 1.39 bits per heavy atom. The Labute approximate surface area is 145 Å². The third-order valence-corrected chi connectivity index (χ3v) is 9.65. The molecule has 4 rings (SSSR count). The molecule has 0 radical (unpaired) electrons. The highest BCUT2D eigenvalue weighted by molar-refractivity contribution is 5.04. The number of hydrogen-bond donors (Lipinski definition) is 0. The van der Waals surface area contributed by atoms with Crippen molar-refractivity contribution in [2.45, 2.75) is 104 Å². The molecular formula is C23H40. The van der Waals surface area contributed by atoms with Gasteiger partial charge in [0, 0.05) is 0 Å². The van der Waals surface area contributed by atoms with E-state index < -0.39 is 0 Å². The van der Waals surface area contributed by atoms with Gasteiger partial charge in [-0.25, -0.2) is 0 Å². The van der Waals surface area contributed by atoms with Crippen LogP contribution >= 0.6 is 0 Å². The van der Waals surface area contributed by atoms with Gasteiger partial charge in [-0.2, -0.15) is 0 Å². The minimum atomic E-state index is 0.560. The van der Waals surface area contributed by atoms with Gasteiger partial charge in [0.15, 0.2) is 0 Å². The molecule has 5 unspecified atom stereocenters. The van der Waals surface area contributed by atoms with Crippen LogP contribution in [0.3, 0.4) is 0 Å². The first-order chi connectivity index (χ1) is 11.0. The third-order valence-electron chi connectivity index (χ3n) is 9.65. The Hall–Kier alpha value is 0. The van der Waals surface area contributed by atoms with E-state index in [0.29, 0.717) is 10.8 Å². The standard InChI is InChI=1S/C23H40/c1-22(2,23(3)14-7-4-8-15-23)21-13-9-12-19-18-11-6-5-10-17(18)16-20(19)21/h17-21H,4-16H2,1-3H3. The molecular weight excluding hydrogens is 276 g/mol. The van der Waals surface area contributed by atoms with E-state index in [1.165, 1.54) is 51.4 Å². The van der Waals surface area contributed by atoms with Crippen LogP contribution in [0.5, 0.6) is 0 Å². The van der Waals surface area contributed by atoms with Crippen LogP contribution in [0.15, 0.2) is 0 Å². The number of rotatable bonds is 2. The molecule has 4 saturated carbocycles. The first-order valence-corrected chi connectivity index (χ1v) is 11.0. The number of hydrogen-bond acceptors (Lipinski definition) is 0. The second kappa shape index (κ2) is 6.06. The molecule has 4 aliphatic rings. The smallest absolute Gasteiger partial charge is 0.0269 e. The highest BCUT2D eigenvalue weighted by Crippen LogP contribution is 2.63. The maximum atomic E-state index is 2.69. The maximum absolute atomic E-state index is 2.69. The minimum Gasteiger partial charge on any atom is -0.0591 e. The van der Waals surface area contributed by atoms with Gasteiger partial charge in [0.25, 0.3) is 0 Å². The molecule has 132 valence electrons. The highest BCUT2D eigenvalue weighted by Gasteiger charge is 2.55. The summed E-state index contributed by atoms with van der Waals surface area (Å²) in [6.45, 7) is 8.04. The van der Waals surface area contributed by atoms with Crippen molar-refractivity contribution in [3.05, 3.63) is 0 Å². The van der Waals surface area contributed by atoms with E-state index in [9.17, 15) is 0 Å². The molecule has 0 aliphatic heterocycles. The van der Waals surface area contributed by atoms with Crippen LogP contribution in [0.1, 0.15) is 104 Å². The van der Waals surface area contributed by atoms with Crippen molar-refractivity contribution in [2.24, 2.45) is 40.4 Å². The fourth-order valence-corrected chi connectivity index (χ4v) is 7.93. The zero-order valence-electron chi connectivity index (χ0n) is 16.1. The van der Waals surface area contributed by atoms with Crippen LogP contribution in [0.2, 0.25) is 0 Å². The monoisotopic (exact) mass is 316 g/mol. The lowest BCUT2D eigenvalue weighted by Gasteiger charge is -2.55. The predicted octanol–water partition coefficient (Wildman–Crippen LogP) is 7.23. The van der Waals surface area contributed by atoms with E-state index in [2.05, 4.69) is 20.8 Å². The lowest BCUT2D eigenvalue weighted by molar-refractivity contribution is -0.0583. The van der Waals surface area contributed by atoms with Crippen LogP contribution in [-0.4, -0.2) is 0 Å². The average molecular weight is 317 g/mol. The topological polar surface area (TPSA) is 0 Å². The molecule has 0 bridgehead atoms. The van der Waals surface area contributed by atoms with Gasteiger partial charge in [-0.15, -0.1) is 0 Å². The molecule has 0 aromatic rings. The van der Waals surface area contributed by atoms with Crippen LogP contribution in [-0.2, 0) is 0 Å². The Bertz CT molecular complexity index is 414. The molecule has 0 heteroatoms. The number of fused-ring (bicyclic) bond motifs is 3. The van der Waals surface area contributed by atoms with E-state index in [1.54, 1.807) is 32.1 Å². The summed E-state index contributed by atoms with van der Waals surface area (Å²) in [6, 6.07) is 0. The average Bonchev–Trinajstić information content (AvgIpc) is 2.94. The summed E-state index contributed by atoms with van der Waals surface area (Å²) >= 11 is 0. The molecule has 0 amide bonds. The summed E-state index contributed by atoms with van der Waals surface area (Å²) in [4.78, 5) is 0. The first-order valence-electron chi connectivity index (χ1n) is 11.0. The summed E-state index contributed by atoms with van der Waals surface area (Å²) in [7, 11) is 0. The Morgan fingerprint density at radius 3 is 2.17 bits per heavy atom. The van der Waals surface area contributed by atoms with Gasteiger partial charge >= 0.3 is 0 Å². The molecule has 0 nitrogen and oxygen atoms in total. The fraction of sp³-hybridized carbons (Fsp3) is 1.00. The summed E-state index contributed by atoms with van der Waals surface area (Å²) < 4.78 is 0. The van der Waals surface area contributed by atoms with Gasteiger partial charge in [0.1, 0.15) is 0 Å². The lowest BCUT2D eigenvalue weighted by atomic mass is 9.50. The summed E-state index contributed by atoms with van der Waals surface area (Å²) in [5.74, 6) is 5.48. The Kier molecular flexibility index (Phi) is 4.34. The van der Waals surface area contributed by atoms with Crippen molar-refractivity contribution in [2.75, 3.05) is 0 Å². The third kappa shape index (κ3) is 2.62. The van der Waals surface area contributed by atoms with Crippen molar-refractivity contribution in [1.82, 2.24) is 0 Å². The molecule has 0 spiro atoms. The van der Waals surface area contributed by atoms with E-state index >= 15 is 0 Å². The fourth-order valence-electron chi connectivity index (χ4n) is 7.93.